The average molecular weight is 207 g/mol. The maximum atomic E-state index is 8.81. The minimum absolute atomic E-state index is 0.00889. The molecule has 16 heavy (non-hydrogen) atoms. The van der Waals surface area contributed by atoms with Gasteiger partial charge in [0.2, 0.25) is 0 Å². The smallest absolute Gasteiger partial charge is 0.226 e. The summed E-state index contributed by atoms with van der Waals surface area (Å²) >= 11 is 0. The van der Waals surface area contributed by atoms with Gasteiger partial charge in [0.25, 0.3) is 5.70 Å². The Hall–Kier alpha value is -2.57. The van der Waals surface area contributed by atoms with Crippen LogP contribution in [0.2, 0.25) is 0 Å². The Labute approximate surface area is 94.7 Å². The van der Waals surface area contributed by atoms with E-state index in [-0.39, 0.29) is 12.1 Å². The highest BCUT2D eigenvalue weighted by Crippen LogP contribution is 2.23. The molecule has 0 aromatic heterocycles. The van der Waals surface area contributed by atoms with Crippen LogP contribution in [0.3, 0.4) is 0 Å². The molecular formula is C13H9N3. The van der Waals surface area contributed by atoms with Crippen LogP contribution in [0.1, 0.15) is 17.5 Å². The van der Waals surface area contributed by atoms with Crippen LogP contribution in [0.5, 0.6) is 0 Å². The molecule has 0 amide bonds. The molecule has 0 spiro atoms. The standard InChI is InChI=1S/C13H9N3/c1-10-3-5-11(6-4-10)12(7-8-14)13(9-15)16-2/h3-6H,7H2,1H3/b13-12-. The lowest BCUT2D eigenvalue weighted by Crippen LogP contribution is -1.88. The van der Waals surface area contributed by atoms with Crippen molar-refractivity contribution < 1.29 is 0 Å². The largest absolute Gasteiger partial charge is 0.266 e. The van der Waals surface area contributed by atoms with E-state index in [1.165, 1.54) is 0 Å². The fourth-order valence-electron chi connectivity index (χ4n) is 1.32. The van der Waals surface area contributed by atoms with Gasteiger partial charge in [-0.2, -0.15) is 5.26 Å². The Morgan fingerprint density at radius 2 is 1.94 bits per heavy atom. The number of aryl methyl sites for hydroxylation is 1. The first kappa shape index (κ1) is 11.5. The number of rotatable bonds is 2. The van der Waals surface area contributed by atoms with Gasteiger partial charge in [0.15, 0.2) is 0 Å². The second kappa shape index (κ2) is 5.35. The molecule has 1 aromatic rings. The number of nitrogens with zero attached hydrogens (tertiary/aromatic N) is 3. The van der Waals surface area contributed by atoms with Crippen molar-refractivity contribution >= 4 is 5.57 Å². The van der Waals surface area contributed by atoms with Crippen LogP contribution in [0.4, 0.5) is 0 Å². The second-order valence-electron chi connectivity index (χ2n) is 3.25. The Morgan fingerprint density at radius 1 is 1.31 bits per heavy atom. The van der Waals surface area contributed by atoms with Crippen LogP contribution < -0.4 is 0 Å². The molecule has 0 fully saturated rings. The quantitative estimate of drug-likeness (QED) is 0.552. The monoisotopic (exact) mass is 207 g/mol. The van der Waals surface area contributed by atoms with E-state index < -0.39 is 0 Å². The summed E-state index contributed by atoms with van der Waals surface area (Å²) in [6, 6.07) is 11.2. The molecule has 3 nitrogen and oxygen atoms in total. The number of hydrogen-bond donors (Lipinski definition) is 0. The van der Waals surface area contributed by atoms with E-state index in [0.29, 0.717) is 5.57 Å². The van der Waals surface area contributed by atoms with Gasteiger partial charge in [-0.05, 0) is 18.1 Å². The van der Waals surface area contributed by atoms with E-state index in [1.54, 1.807) is 0 Å². The van der Waals surface area contributed by atoms with Crippen molar-refractivity contribution in [1.29, 1.82) is 10.5 Å². The number of hydrogen-bond acceptors (Lipinski definition) is 2. The summed E-state index contributed by atoms with van der Waals surface area (Å²) < 4.78 is 0. The van der Waals surface area contributed by atoms with Gasteiger partial charge in [-0.15, -0.1) is 0 Å². The molecule has 0 N–H and O–H groups in total. The molecule has 0 heterocycles. The van der Waals surface area contributed by atoms with Crippen molar-refractivity contribution in [3.63, 3.8) is 0 Å². The third-order valence-corrected chi connectivity index (χ3v) is 2.16. The number of allylic oxidation sites excluding steroid dienone is 2. The van der Waals surface area contributed by atoms with Gasteiger partial charge in [0, 0.05) is 0 Å². The van der Waals surface area contributed by atoms with Crippen molar-refractivity contribution in [2.24, 2.45) is 0 Å². The van der Waals surface area contributed by atoms with Crippen molar-refractivity contribution in [2.45, 2.75) is 13.3 Å². The molecule has 76 valence electrons. The van der Waals surface area contributed by atoms with E-state index in [1.807, 2.05) is 43.3 Å². The van der Waals surface area contributed by atoms with Crippen LogP contribution >= 0.6 is 0 Å². The van der Waals surface area contributed by atoms with Crippen LogP contribution in [0, 0.1) is 36.2 Å². The van der Waals surface area contributed by atoms with E-state index >= 15 is 0 Å². The lowest BCUT2D eigenvalue weighted by Gasteiger charge is -2.04. The van der Waals surface area contributed by atoms with E-state index in [9.17, 15) is 0 Å². The summed E-state index contributed by atoms with van der Waals surface area (Å²) in [6.07, 6.45) is 0.0777. The molecule has 1 aromatic carbocycles. The van der Waals surface area contributed by atoms with Gasteiger partial charge in [0.1, 0.15) is 0 Å². The zero-order valence-corrected chi connectivity index (χ0v) is 8.86. The van der Waals surface area contributed by atoms with Crippen LogP contribution in [-0.2, 0) is 0 Å². The molecule has 0 aliphatic carbocycles. The van der Waals surface area contributed by atoms with Crippen molar-refractivity contribution in [2.75, 3.05) is 0 Å². The molecule has 3 heteroatoms. The van der Waals surface area contributed by atoms with E-state index in [0.717, 1.165) is 11.1 Å². The highest BCUT2D eigenvalue weighted by molar-refractivity contribution is 5.74. The number of nitriles is 2. The highest BCUT2D eigenvalue weighted by Gasteiger charge is 2.08. The van der Waals surface area contributed by atoms with Gasteiger partial charge < -0.3 is 0 Å². The third-order valence-electron chi connectivity index (χ3n) is 2.16. The van der Waals surface area contributed by atoms with Gasteiger partial charge in [-0.1, -0.05) is 29.8 Å². The minimum Gasteiger partial charge on any atom is -0.226 e. The summed E-state index contributed by atoms with van der Waals surface area (Å²) in [5, 5.41) is 17.5. The zero-order chi connectivity index (χ0) is 12.0. The molecule has 0 saturated carbocycles. The first-order chi connectivity index (χ1) is 7.72. The maximum Gasteiger partial charge on any atom is 0.266 e. The highest BCUT2D eigenvalue weighted by atomic mass is 14.7. The number of benzene rings is 1. The second-order valence-corrected chi connectivity index (χ2v) is 3.25. The van der Waals surface area contributed by atoms with Crippen LogP contribution in [-0.4, -0.2) is 0 Å². The van der Waals surface area contributed by atoms with Crippen molar-refractivity contribution in [3.05, 3.63) is 52.5 Å². The normalized spacial score (nSPS) is 10.6. The maximum absolute atomic E-state index is 8.81. The van der Waals surface area contributed by atoms with Crippen LogP contribution in [0.25, 0.3) is 10.4 Å². The Bertz CT molecular complexity index is 515. The molecule has 0 aliphatic rings. The molecule has 0 unspecified atom stereocenters. The average Bonchev–Trinajstić information content (AvgIpc) is 2.31. The molecule has 0 atom stereocenters. The Kier molecular flexibility index (Phi) is 3.84. The van der Waals surface area contributed by atoms with Gasteiger partial charge in [-0.3, -0.25) is 0 Å². The van der Waals surface area contributed by atoms with Gasteiger partial charge >= 0.3 is 0 Å². The fourth-order valence-corrected chi connectivity index (χ4v) is 1.32. The molecule has 0 aliphatic heterocycles. The summed E-state index contributed by atoms with van der Waals surface area (Å²) in [5.74, 6) is 0. The molecule has 0 bridgehead atoms. The molecule has 1 rings (SSSR count). The lowest BCUT2D eigenvalue weighted by atomic mass is 10.0. The Balaban J connectivity index is 3.31. The topological polar surface area (TPSA) is 51.9 Å². The van der Waals surface area contributed by atoms with Crippen molar-refractivity contribution in [1.82, 2.24) is 0 Å². The van der Waals surface area contributed by atoms with Gasteiger partial charge in [0.05, 0.1) is 25.1 Å². The summed E-state index contributed by atoms with van der Waals surface area (Å²) in [7, 11) is 0. The zero-order valence-electron chi connectivity index (χ0n) is 8.86. The van der Waals surface area contributed by atoms with E-state index in [4.69, 9.17) is 17.1 Å². The first-order valence-electron chi connectivity index (χ1n) is 4.67. The predicted molar refractivity (Wildman–Crippen MR) is 60.5 cm³/mol. The Morgan fingerprint density at radius 3 is 2.38 bits per heavy atom. The third kappa shape index (κ3) is 2.47. The lowest BCUT2D eigenvalue weighted by molar-refractivity contribution is 1.33. The van der Waals surface area contributed by atoms with Gasteiger partial charge in [-0.25, -0.2) is 10.1 Å². The van der Waals surface area contributed by atoms with Crippen LogP contribution in [0.15, 0.2) is 30.0 Å². The van der Waals surface area contributed by atoms with E-state index in [2.05, 4.69) is 4.85 Å². The SMILES string of the molecule is [C-]#[N+]/C(C#N)=C(/CC#N)c1ccc(C)cc1. The molecular weight excluding hydrogens is 198 g/mol. The minimum atomic E-state index is -0.00889. The molecule has 0 radical (unpaired) electrons. The fraction of sp³-hybridized carbons (Fsp3) is 0.154. The molecule has 0 saturated heterocycles. The summed E-state index contributed by atoms with van der Waals surface area (Å²) in [6.45, 7) is 8.85. The van der Waals surface area contributed by atoms with Crippen molar-refractivity contribution in [3.8, 4) is 12.1 Å². The summed E-state index contributed by atoms with van der Waals surface area (Å²) in [4.78, 5) is 3.14. The summed E-state index contributed by atoms with van der Waals surface area (Å²) in [5.41, 5.74) is 2.35. The predicted octanol–water partition coefficient (Wildman–Crippen LogP) is 3.06. The first-order valence-corrected chi connectivity index (χ1v) is 4.67.